The monoisotopic (exact) mass is 588 g/mol. The molecule has 1 aliphatic heterocycles. The first-order valence-corrected chi connectivity index (χ1v) is 14.6. The third kappa shape index (κ3) is 5.75. The minimum absolute atomic E-state index is 0.200. The average molecular weight is 589 g/mol. The van der Waals surface area contributed by atoms with Crippen LogP contribution in [0, 0.1) is 0 Å². The van der Waals surface area contributed by atoms with Crippen molar-refractivity contribution < 1.29 is 0 Å². The minimum Gasteiger partial charge on any atom is -0.383 e. The summed E-state index contributed by atoms with van der Waals surface area (Å²) < 4.78 is 2.07. The van der Waals surface area contributed by atoms with E-state index in [4.69, 9.17) is 27.3 Å². The Morgan fingerprint density at radius 1 is 0.837 bits per heavy atom. The van der Waals surface area contributed by atoms with Crippen LogP contribution in [-0.2, 0) is 6.54 Å². The van der Waals surface area contributed by atoms with Gasteiger partial charge >= 0.3 is 0 Å². The summed E-state index contributed by atoms with van der Waals surface area (Å²) in [5.74, 6) is 1.66. The van der Waals surface area contributed by atoms with Crippen molar-refractivity contribution in [2.45, 2.75) is 25.4 Å². The Bertz CT molecular complexity index is 1870. The second-order valence-electron chi connectivity index (χ2n) is 10.6. The fourth-order valence-corrected chi connectivity index (χ4v) is 5.65. The molecule has 0 spiro atoms. The molecule has 43 heavy (non-hydrogen) atoms. The summed E-state index contributed by atoms with van der Waals surface area (Å²) in [5, 5.41) is 3.58. The number of pyridine rings is 2. The van der Waals surface area contributed by atoms with Gasteiger partial charge in [0.2, 0.25) is 11.2 Å². The molecule has 7 rings (SSSR count). The van der Waals surface area contributed by atoms with Gasteiger partial charge in [0, 0.05) is 43.1 Å². The molecule has 1 aliphatic rings. The lowest BCUT2D eigenvalue weighted by atomic mass is 10.0. The van der Waals surface area contributed by atoms with E-state index in [2.05, 4.69) is 71.1 Å². The topological polar surface area (TPSA) is 124 Å². The molecule has 0 atom stereocenters. The van der Waals surface area contributed by atoms with Gasteiger partial charge in [-0.2, -0.15) is 4.98 Å². The van der Waals surface area contributed by atoms with Crippen molar-refractivity contribution in [2.24, 2.45) is 0 Å². The van der Waals surface area contributed by atoms with Gasteiger partial charge in [0.05, 0.1) is 11.3 Å². The van der Waals surface area contributed by atoms with Gasteiger partial charge in [0.15, 0.2) is 11.5 Å². The third-order valence-corrected chi connectivity index (χ3v) is 7.90. The van der Waals surface area contributed by atoms with Gasteiger partial charge < -0.3 is 11.1 Å². The molecule has 11 heteroatoms. The Morgan fingerprint density at radius 3 is 2.42 bits per heavy atom. The van der Waals surface area contributed by atoms with Gasteiger partial charge in [-0.25, -0.2) is 24.9 Å². The second-order valence-corrected chi connectivity index (χ2v) is 10.9. The number of imidazole rings is 1. The summed E-state index contributed by atoms with van der Waals surface area (Å²) in [4.78, 5) is 29.0. The van der Waals surface area contributed by atoms with Gasteiger partial charge in [0.1, 0.15) is 17.7 Å². The van der Waals surface area contributed by atoms with E-state index in [0.717, 1.165) is 66.1 Å². The first kappa shape index (κ1) is 26.9. The molecule has 2 aromatic carbocycles. The van der Waals surface area contributed by atoms with Gasteiger partial charge in [-0.1, -0.05) is 42.5 Å². The molecule has 3 N–H and O–H groups in total. The highest BCUT2D eigenvalue weighted by Crippen LogP contribution is 2.32. The maximum Gasteiger partial charge on any atom is 0.227 e. The van der Waals surface area contributed by atoms with Crippen LogP contribution in [0.3, 0.4) is 0 Å². The molecule has 10 nitrogen and oxygen atoms in total. The smallest absolute Gasteiger partial charge is 0.227 e. The van der Waals surface area contributed by atoms with Gasteiger partial charge in [0.25, 0.3) is 0 Å². The Balaban J connectivity index is 1.14. The number of nitrogen functional groups attached to an aromatic ring is 1. The van der Waals surface area contributed by atoms with Crippen molar-refractivity contribution in [3.63, 3.8) is 0 Å². The van der Waals surface area contributed by atoms with Crippen molar-refractivity contribution in [3.8, 4) is 28.3 Å². The molecule has 0 aliphatic carbocycles. The molecule has 0 amide bonds. The number of rotatable bonds is 7. The maximum atomic E-state index is 6.32. The molecule has 1 saturated heterocycles. The highest BCUT2D eigenvalue weighted by atomic mass is 35.5. The molecule has 0 radical (unpaired) electrons. The average Bonchev–Trinajstić information content (AvgIpc) is 3.42. The zero-order chi connectivity index (χ0) is 29.2. The van der Waals surface area contributed by atoms with E-state index >= 15 is 0 Å². The van der Waals surface area contributed by atoms with E-state index in [1.54, 1.807) is 6.20 Å². The number of halogens is 1. The lowest BCUT2D eigenvalue weighted by Gasteiger charge is -2.32. The van der Waals surface area contributed by atoms with Crippen molar-refractivity contribution in [3.05, 3.63) is 102 Å². The SMILES string of the molecule is Nc1ncccc1-c1nc2ccc(-c3ccccc3)nc2n1-c1ccc(CN2CCC(Nc3ncnc(Cl)n3)CC2)cc1. The summed E-state index contributed by atoms with van der Waals surface area (Å²) in [6.07, 6.45) is 5.10. The summed E-state index contributed by atoms with van der Waals surface area (Å²) >= 11 is 5.90. The number of fused-ring (bicyclic) bond motifs is 1. The van der Waals surface area contributed by atoms with Crippen LogP contribution in [0.15, 0.2) is 91.4 Å². The maximum absolute atomic E-state index is 6.32. The van der Waals surface area contributed by atoms with Crippen LogP contribution in [0.2, 0.25) is 5.28 Å². The Hall–Kier alpha value is -4.93. The number of benzene rings is 2. The van der Waals surface area contributed by atoms with Crippen LogP contribution < -0.4 is 11.1 Å². The Labute approximate surface area is 253 Å². The number of nitrogens with two attached hydrogens (primary N) is 1. The molecule has 0 unspecified atom stereocenters. The van der Waals surface area contributed by atoms with E-state index in [9.17, 15) is 0 Å². The lowest BCUT2D eigenvalue weighted by Crippen LogP contribution is -2.39. The Morgan fingerprint density at radius 2 is 1.65 bits per heavy atom. The molecule has 0 bridgehead atoms. The van der Waals surface area contributed by atoms with Crippen LogP contribution in [0.25, 0.3) is 39.5 Å². The summed E-state index contributed by atoms with van der Waals surface area (Å²) in [5.41, 5.74) is 12.8. The van der Waals surface area contributed by atoms with Crippen LogP contribution in [0.1, 0.15) is 18.4 Å². The van der Waals surface area contributed by atoms with Crippen molar-refractivity contribution in [2.75, 3.05) is 24.1 Å². The number of nitrogens with one attached hydrogen (secondary N) is 1. The van der Waals surface area contributed by atoms with E-state index in [1.807, 2.05) is 42.5 Å². The summed E-state index contributed by atoms with van der Waals surface area (Å²) in [6.45, 7) is 2.82. The molecule has 5 heterocycles. The molecular weight excluding hydrogens is 560 g/mol. The number of piperidine rings is 1. The van der Waals surface area contributed by atoms with E-state index in [0.29, 0.717) is 23.6 Å². The van der Waals surface area contributed by atoms with Crippen LogP contribution in [0.4, 0.5) is 11.8 Å². The predicted molar refractivity (Wildman–Crippen MR) is 169 cm³/mol. The fourth-order valence-electron chi connectivity index (χ4n) is 5.53. The molecule has 0 saturated carbocycles. The Kier molecular flexibility index (Phi) is 7.36. The number of hydrogen-bond donors (Lipinski definition) is 2. The first-order valence-electron chi connectivity index (χ1n) is 14.2. The van der Waals surface area contributed by atoms with Gasteiger partial charge in [-0.15, -0.1) is 0 Å². The van der Waals surface area contributed by atoms with Crippen molar-refractivity contribution in [1.29, 1.82) is 0 Å². The quantitative estimate of drug-likeness (QED) is 0.243. The fraction of sp³-hybridized carbons (Fsp3) is 0.188. The normalized spacial score (nSPS) is 14.3. The molecular formula is C32H29ClN10. The lowest BCUT2D eigenvalue weighted by molar-refractivity contribution is 0.211. The van der Waals surface area contributed by atoms with E-state index < -0.39 is 0 Å². The minimum atomic E-state index is 0.200. The highest BCUT2D eigenvalue weighted by Gasteiger charge is 2.21. The third-order valence-electron chi connectivity index (χ3n) is 7.72. The molecule has 214 valence electrons. The number of likely N-dealkylation sites (tertiary alicyclic amines) is 1. The zero-order valence-corrected chi connectivity index (χ0v) is 24.1. The molecule has 6 aromatic rings. The van der Waals surface area contributed by atoms with Crippen LogP contribution in [0.5, 0.6) is 0 Å². The molecule has 1 fully saturated rings. The zero-order valence-electron chi connectivity index (χ0n) is 23.3. The predicted octanol–water partition coefficient (Wildman–Crippen LogP) is 5.65. The number of hydrogen-bond acceptors (Lipinski definition) is 9. The van der Waals surface area contributed by atoms with Crippen molar-refractivity contribution in [1.82, 2.24) is 39.4 Å². The van der Waals surface area contributed by atoms with E-state index in [1.165, 1.54) is 11.9 Å². The number of aromatic nitrogens is 7. The molecule has 4 aromatic heterocycles. The van der Waals surface area contributed by atoms with Crippen LogP contribution >= 0.6 is 11.6 Å². The van der Waals surface area contributed by atoms with Crippen molar-refractivity contribution >= 4 is 34.5 Å². The standard InChI is InChI=1S/C32H29ClN10/c33-31-36-20-37-32(41-31)38-23-14-17-42(18-15-23)19-21-8-10-24(11-9-21)43-29(25-7-4-16-35-28(25)34)40-27-13-12-26(39-30(27)43)22-5-2-1-3-6-22/h1-13,16,20,23H,14-15,17-19H2,(H2,34,35)(H,36,37,38,41). The van der Waals surface area contributed by atoms with Crippen LogP contribution in [-0.4, -0.2) is 58.5 Å². The first-order chi connectivity index (χ1) is 21.1. The highest BCUT2D eigenvalue weighted by molar-refractivity contribution is 6.28. The van der Waals surface area contributed by atoms with E-state index in [-0.39, 0.29) is 5.28 Å². The number of nitrogens with zero attached hydrogens (tertiary/aromatic N) is 8. The second kappa shape index (κ2) is 11.7. The summed E-state index contributed by atoms with van der Waals surface area (Å²) in [6, 6.07) is 26.9. The van der Waals surface area contributed by atoms with Gasteiger partial charge in [-0.3, -0.25) is 9.47 Å². The van der Waals surface area contributed by atoms with Gasteiger partial charge in [-0.05, 0) is 66.4 Å². The largest absolute Gasteiger partial charge is 0.383 e. The summed E-state index contributed by atoms with van der Waals surface area (Å²) in [7, 11) is 0. The number of anilines is 2.